The first-order chi connectivity index (χ1) is 20.7. The second-order valence-electron chi connectivity index (χ2n) is 9.97. The number of halogens is 1. The Morgan fingerprint density at radius 1 is 0.837 bits per heavy atom. The van der Waals surface area contributed by atoms with Gasteiger partial charge in [-0.2, -0.15) is 9.78 Å². The number of nitrogens with one attached hydrogen (secondary N) is 1. The van der Waals surface area contributed by atoms with Gasteiger partial charge in [0.15, 0.2) is 0 Å². The maximum Gasteiger partial charge on any atom is 0.309 e. The van der Waals surface area contributed by atoms with E-state index in [4.69, 9.17) is 30.9 Å². The summed E-state index contributed by atoms with van der Waals surface area (Å²) in [4.78, 5) is 25.3. The van der Waals surface area contributed by atoms with Crippen LogP contribution in [0.25, 0.3) is 28.1 Å². The minimum atomic E-state index is -0.493. The first-order valence-electron chi connectivity index (χ1n) is 13.5. The number of hydrogen-bond donors (Lipinski definition) is 1. The van der Waals surface area contributed by atoms with E-state index in [1.165, 1.54) is 6.92 Å². The number of anilines is 1. The molecule has 8 nitrogen and oxygen atoms in total. The van der Waals surface area contributed by atoms with Crippen LogP contribution >= 0.6 is 11.6 Å². The number of ether oxygens (including phenoxy) is 3. The summed E-state index contributed by atoms with van der Waals surface area (Å²) in [7, 11) is 3.16. The Morgan fingerprint density at radius 3 is 2.16 bits per heavy atom. The number of amides is 1. The maximum atomic E-state index is 12.8. The van der Waals surface area contributed by atoms with Gasteiger partial charge in [-0.05, 0) is 79.1 Å². The molecule has 0 radical (unpaired) electrons. The molecule has 43 heavy (non-hydrogen) atoms. The van der Waals surface area contributed by atoms with Gasteiger partial charge in [0.25, 0.3) is 5.91 Å². The standard InChI is InChI=1S/C34H30ClN3O5/c1-20-9-10-21(2)30(15-20)38-34(43-22(3)39)31(32(37-38)25-17-28(41-4)19-29(18-25)42-5)23-11-13-27(14-12-23)36-33(40)24-7-6-8-26(35)16-24/h6-19H,1-5H3,(H,36,40). The summed E-state index contributed by atoms with van der Waals surface area (Å²) in [5.41, 5.74) is 6.30. The lowest BCUT2D eigenvalue weighted by Crippen LogP contribution is -2.11. The van der Waals surface area contributed by atoms with Crippen molar-refractivity contribution >= 4 is 29.2 Å². The summed E-state index contributed by atoms with van der Waals surface area (Å²) < 4.78 is 18.6. The molecule has 0 saturated heterocycles. The minimum Gasteiger partial charge on any atom is -0.497 e. The summed E-state index contributed by atoms with van der Waals surface area (Å²) in [5, 5.41) is 8.37. The predicted molar refractivity (Wildman–Crippen MR) is 168 cm³/mol. The highest BCUT2D eigenvalue weighted by molar-refractivity contribution is 6.31. The number of carbonyl (C=O) groups is 2. The molecular weight excluding hydrogens is 566 g/mol. The quantitative estimate of drug-likeness (QED) is 0.185. The van der Waals surface area contributed by atoms with E-state index in [1.807, 2.05) is 56.3 Å². The summed E-state index contributed by atoms with van der Waals surface area (Å²) in [6.07, 6.45) is 0. The third-order valence-corrected chi connectivity index (χ3v) is 7.05. The predicted octanol–water partition coefficient (Wildman–Crippen LogP) is 7.67. The van der Waals surface area contributed by atoms with E-state index in [9.17, 15) is 9.59 Å². The van der Waals surface area contributed by atoms with Gasteiger partial charge in [0.1, 0.15) is 17.2 Å². The summed E-state index contributed by atoms with van der Waals surface area (Å²) >= 11 is 6.06. The SMILES string of the molecule is COc1cc(OC)cc(-c2nn(-c3cc(C)ccc3C)c(OC(C)=O)c2-c2ccc(NC(=O)c3cccc(Cl)c3)cc2)c1. The van der Waals surface area contributed by atoms with Crippen LogP contribution in [-0.4, -0.2) is 35.9 Å². The van der Waals surface area contributed by atoms with Gasteiger partial charge < -0.3 is 19.5 Å². The first-order valence-corrected chi connectivity index (χ1v) is 13.8. The van der Waals surface area contributed by atoms with E-state index >= 15 is 0 Å². The van der Waals surface area contributed by atoms with Crippen LogP contribution in [0.4, 0.5) is 5.69 Å². The van der Waals surface area contributed by atoms with E-state index < -0.39 is 5.97 Å². The Labute approximate surface area is 254 Å². The van der Waals surface area contributed by atoms with E-state index in [0.717, 1.165) is 16.8 Å². The zero-order valence-electron chi connectivity index (χ0n) is 24.4. The van der Waals surface area contributed by atoms with Gasteiger partial charge in [0.05, 0.1) is 25.5 Å². The molecule has 1 aromatic heterocycles. The Hall–Kier alpha value is -5.08. The molecule has 1 heterocycles. The molecule has 5 aromatic rings. The van der Waals surface area contributed by atoms with Crippen molar-refractivity contribution in [1.82, 2.24) is 9.78 Å². The van der Waals surface area contributed by atoms with E-state index in [-0.39, 0.29) is 11.8 Å². The van der Waals surface area contributed by atoms with Crippen LogP contribution in [0.2, 0.25) is 5.02 Å². The van der Waals surface area contributed by atoms with Gasteiger partial charge in [-0.1, -0.05) is 41.9 Å². The number of nitrogens with zero attached hydrogens (tertiary/aromatic N) is 2. The number of aromatic nitrogens is 2. The summed E-state index contributed by atoms with van der Waals surface area (Å²) in [6, 6.07) is 25.4. The van der Waals surface area contributed by atoms with Crippen LogP contribution in [0.1, 0.15) is 28.4 Å². The maximum absolute atomic E-state index is 12.8. The Morgan fingerprint density at radius 2 is 1.53 bits per heavy atom. The van der Waals surface area contributed by atoms with Crippen molar-refractivity contribution in [3.63, 3.8) is 0 Å². The van der Waals surface area contributed by atoms with E-state index in [1.54, 1.807) is 61.4 Å². The fraction of sp³-hybridized carbons (Fsp3) is 0.147. The average molecular weight is 596 g/mol. The zero-order chi connectivity index (χ0) is 30.7. The Kier molecular flexibility index (Phi) is 8.50. The van der Waals surface area contributed by atoms with Crippen molar-refractivity contribution in [3.05, 3.63) is 107 Å². The fourth-order valence-electron chi connectivity index (χ4n) is 4.70. The van der Waals surface area contributed by atoms with Gasteiger partial charge >= 0.3 is 5.97 Å². The third-order valence-electron chi connectivity index (χ3n) is 6.82. The lowest BCUT2D eigenvalue weighted by Gasteiger charge is -2.12. The summed E-state index contributed by atoms with van der Waals surface area (Å²) in [6.45, 7) is 5.31. The molecule has 5 rings (SSSR count). The lowest BCUT2D eigenvalue weighted by atomic mass is 10.00. The molecule has 4 aromatic carbocycles. The number of aryl methyl sites for hydroxylation is 2. The van der Waals surface area contributed by atoms with Crippen molar-refractivity contribution in [2.24, 2.45) is 0 Å². The van der Waals surface area contributed by atoms with Gasteiger partial charge in [-0.15, -0.1) is 0 Å². The molecule has 9 heteroatoms. The minimum absolute atomic E-state index is 0.258. The Bertz CT molecular complexity index is 1810. The number of hydrogen-bond acceptors (Lipinski definition) is 6. The molecule has 1 amide bonds. The molecule has 0 aliphatic carbocycles. The molecular formula is C34H30ClN3O5. The van der Waals surface area contributed by atoms with Crippen LogP contribution in [0, 0.1) is 13.8 Å². The molecule has 0 atom stereocenters. The lowest BCUT2D eigenvalue weighted by molar-refractivity contribution is -0.132. The van der Waals surface area contributed by atoms with Crippen LogP contribution in [0.5, 0.6) is 17.4 Å². The van der Waals surface area contributed by atoms with Gasteiger partial charge in [0.2, 0.25) is 5.88 Å². The molecule has 0 unspecified atom stereocenters. The average Bonchev–Trinajstić information content (AvgIpc) is 3.36. The largest absolute Gasteiger partial charge is 0.497 e. The highest BCUT2D eigenvalue weighted by atomic mass is 35.5. The zero-order valence-corrected chi connectivity index (χ0v) is 25.2. The second-order valence-corrected chi connectivity index (χ2v) is 10.4. The molecule has 0 aliphatic rings. The molecule has 0 spiro atoms. The molecule has 0 aliphatic heterocycles. The van der Waals surface area contributed by atoms with Crippen LogP contribution in [0.3, 0.4) is 0 Å². The Balaban J connectivity index is 1.68. The van der Waals surface area contributed by atoms with Crippen molar-refractivity contribution in [3.8, 4) is 45.5 Å². The number of carbonyl (C=O) groups excluding carboxylic acids is 2. The number of esters is 1. The van der Waals surface area contributed by atoms with Crippen molar-refractivity contribution in [1.29, 1.82) is 0 Å². The number of rotatable bonds is 8. The molecule has 0 fully saturated rings. The molecule has 0 bridgehead atoms. The van der Waals surface area contributed by atoms with Crippen molar-refractivity contribution < 1.29 is 23.8 Å². The van der Waals surface area contributed by atoms with Crippen molar-refractivity contribution in [2.75, 3.05) is 19.5 Å². The molecule has 1 N–H and O–H groups in total. The highest BCUT2D eigenvalue weighted by Crippen LogP contribution is 2.43. The van der Waals surface area contributed by atoms with E-state index in [2.05, 4.69) is 5.32 Å². The van der Waals surface area contributed by atoms with Crippen molar-refractivity contribution in [2.45, 2.75) is 20.8 Å². The molecule has 0 saturated carbocycles. The van der Waals surface area contributed by atoms with Gasteiger partial charge in [-0.25, -0.2) is 0 Å². The van der Waals surface area contributed by atoms with Gasteiger partial charge in [-0.3, -0.25) is 9.59 Å². The third kappa shape index (κ3) is 6.39. The van der Waals surface area contributed by atoms with E-state index in [0.29, 0.717) is 50.2 Å². The second kappa shape index (κ2) is 12.4. The number of benzene rings is 4. The highest BCUT2D eigenvalue weighted by Gasteiger charge is 2.26. The number of methoxy groups -OCH3 is 2. The normalized spacial score (nSPS) is 10.7. The van der Waals surface area contributed by atoms with Gasteiger partial charge in [0, 0.05) is 34.8 Å². The smallest absolute Gasteiger partial charge is 0.309 e. The molecule has 218 valence electrons. The first kappa shape index (κ1) is 29.4. The van der Waals surface area contributed by atoms with Crippen LogP contribution < -0.4 is 19.5 Å². The fourth-order valence-corrected chi connectivity index (χ4v) is 4.89. The van der Waals surface area contributed by atoms with Crippen LogP contribution in [0.15, 0.2) is 84.9 Å². The topological polar surface area (TPSA) is 91.7 Å². The summed E-state index contributed by atoms with van der Waals surface area (Å²) in [5.74, 6) is 0.633. The monoisotopic (exact) mass is 595 g/mol. The van der Waals surface area contributed by atoms with Crippen LogP contribution in [-0.2, 0) is 4.79 Å².